The lowest BCUT2D eigenvalue weighted by Gasteiger charge is -2.26. The van der Waals surface area contributed by atoms with Gasteiger partial charge in [0.2, 0.25) is 0 Å². The van der Waals surface area contributed by atoms with Crippen molar-refractivity contribution in [3.05, 3.63) is 0 Å². The van der Waals surface area contributed by atoms with Crippen LogP contribution in [0, 0.1) is 0 Å². The molecule has 0 bridgehead atoms. The fourth-order valence-electron chi connectivity index (χ4n) is 1.16. The summed E-state index contributed by atoms with van der Waals surface area (Å²) in [7, 11) is 0. The minimum Gasteiger partial charge on any atom is -0.337 e. The highest BCUT2D eigenvalue weighted by Gasteiger charge is 2.18. The summed E-state index contributed by atoms with van der Waals surface area (Å²) in [6, 6.07) is 0.401. The van der Waals surface area contributed by atoms with Crippen LogP contribution in [0.15, 0.2) is 0 Å². The molecule has 0 aliphatic heterocycles. The van der Waals surface area contributed by atoms with E-state index >= 15 is 0 Å². The molecule has 0 aromatic carbocycles. The molecule has 0 radical (unpaired) electrons. The Balaban J connectivity index is 2.03. The van der Waals surface area contributed by atoms with Crippen molar-refractivity contribution in [3.63, 3.8) is 0 Å². The summed E-state index contributed by atoms with van der Waals surface area (Å²) in [4.78, 5) is 11.2. The lowest BCUT2D eigenvalue weighted by Crippen LogP contribution is -2.48. The van der Waals surface area contributed by atoms with Gasteiger partial charge in [0.05, 0.1) is 0 Å². The molecule has 4 N–H and O–H groups in total. The molecule has 13 heavy (non-hydrogen) atoms. The maximum Gasteiger partial charge on any atom is 0.315 e. The van der Waals surface area contributed by atoms with Gasteiger partial charge in [-0.05, 0) is 25.7 Å². The van der Waals surface area contributed by atoms with Crippen molar-refractivity contribution in [1.82, 2.24) is 10.6 Å². The summed E-state index contributed by atoms with van der Waals surface area (Å²) in [6.45, 7) is 2.57. The van der Waals surface area contributed by atoms with Gasteiger partial charge in [-0.2, -0.15) is 0 Å². The van der Waals surface area contributed by atoms with Crippen LogP contribution in [0.4, 0.5) is 4.79 Å². The molecule has 1 unspecified atom stereocenters. The van der Waals surface area contributed by atoms with E-state index in [9.17, 15) is 4.79 Å². The van der Waals surface area contributed by atoms with Crippen molar-refractivity contribution in [1.29, 1.82) is 0 Å². The second-order valence-electron chi connectivity index (χ2n) is 3.65. The summed E-state index contributed by atoms with van der Waals surface area (Å²) in [5.74, 6) is 0. The van der Waals surface area contributed by atoms with Crippen LogP contribution in [0.2, 0.25) is 0 Å². The summed E-state index contributed by atoms with van der Waals surface area (Å²) in [5.41, 5.74) is 5.66. The molecule has 0 aromatic rings. The molecule has 0 saturated heterocycles. The van der Waals surface area contributed by atoms with E-state index in [1.54, 1.807) is 0 Å². The number of hydrogen-bond acceptors (Lipinski definition) is 2. The van der Waals surface area contributed by atoms with Gasteiger partial charge in [0.1, 0.15) is 0 Å². The minimum absolute atomic E-state index is 0.0754. The zero-order valence-corrected chi connectivity index (χ0v) is 8.18. The van der Waals surface area contributed by atoms with Crippen molar-refractivity contribution >= 4 is 6.03 Å². The Morgan fingerprint density at radius 1 is 1.62 bits per heavy atom. The van der Waals surface area contributed by atoms with E-state index in [4.69, 9.17) is 5.73 Å². The Hall–Kier alpha value is -0.770. The van der Waals surface area contributed by atoms with Crippen LogP contribution < -0.4 is 16.4 Å². The maximum atomic E-state index is 11.2. The van der Waals surface area contributed by atoms with E-state index < -0.39 is 0 Å². The SMILES string of the molecule is CCC(N)CNC(=O)NC1CCC1. The number of carbonyl (C=O) groups is 1. The van der Waals surface area contributed by atoms with Crippen LogP contribution in [-0.2, 0) is 0 Å². The molecule has 0 heterocycles. The zero-order valence-electron chi connectivity index (χ0n) is 8.18. The lowest BCUT2D eigenvalue weighted by atomic mass is 9.93. The van der Waals surface area contributed by atoms with Crippen molar-refractivity contribution in [2.45, 2.75) is 44.7 Å². The minimum atomic E-state index is -0.0754. The first-order chi connectivity index (χ1) is 6.22. The summed E-state index contributed by atoms with van der Waals surface area (Å²) in [5, 5.41) is 5.65. The topological polar surface area (TPSA) is 67.1 Å². The van der Waals surface area contributed by atoms with Crippen LogP contribution in [-0.4, -0.2) is 24.7 Å². The van der Waals surface area contributed by atoms with Crippen LogP contribution in [0.3, 0.4) is 0 Å². The predicted molar refractivity (Wildman–Crippen MR) is 52.4 cm³/mol. The standard InChI is InChI=1S/C9H19N3O/c1-2-7(10)6-11-9(13)12-8-4-3-5-8/h7-8H,2-6,10H2,1H3,(H2,11,12,13). The number of hydrogen-bond donors (Lipinski definition) is 3. The third-order valence-electron chi connectivity index (χ3n) is 2.49. The van der Waals surface area contributed by atoms with Gasteiger partial charge >= 0.3 is 6.03 Å². The number of amides is 2. The maximum absolute atomic E-state index is 11.2. The number of carbonyl (C=O) groups excluding carboxylic acids is 1. The third-order valence-corrected chi connectivity index (χ3v) is 2.49. The van der Waals surface area contributed by atoms with E-state index in [2.05, 4.69) is 10.6 Å². The van der Waals surface area contributed by atoms with Gasteiger partial charge in [0, 0.05) is 18.6 Å². The predicted octanol–water partition coefficient (Wildman–Crippen LogP) is 0.575. The first-order valence-electron chi connectivity index (χ1n) is 5.02. The average molecular weight is 185 g/mol. The molecule has 76 valence electrons. The van der Waals surface area contributed by atoms with Gasteiger partial charge < -0.3 is 16.4 Å². The largest absolute Gasteiger partial charge is 0.337 e. The third kappa shape index (κ3) is 3.63. The number of nitrogens with two attached hydrogens (primary N) is 1. The van der Waals surface area contributed by atoms with Crippen molar-refractivity contribution in [3.8, 4) is 0 Å². The second kappa shape index (κ2) is 5.07. The van der Waals surface area contributed by atoms with E-state index in [0.29, 0.717) is 12.6 Å². The highest BCUT2D eigenvalue weighted by atomic mass is 16.2. The van der Waals surface area contributed by atoms with E-state index in [1.807, 2.05) is 6.92 Å². The number of rotatable bonds is 4. The molecule has 1 saturated carbocycles. The quantitative estimate of drug-likeness (QED) is 0.599. The first kappa shape index (κ1) is 10.3. The Labute approximate surface area is 79.3 Å². The van der Waals surface area contributed by atoms with Gasteiger partial charge in [-0.25, -0.2) is 4.79 Å². The first-order valence-corrected chi connectivity index (χ1v) is 5.02. The van der Waals surface area contributed by atoms with Crippen LogP contribution in [0.1, 0.15) is 32.6 Å². The van der Waals surface area contributed by atoms with Gasteiger partial charge in [-0.3, -0.25) is 0 Å². The van der Waals surface area contributed by atoms with Crippen molar-refractivity contribution < 1.29 is 4.79 Å². The molecule has 1 atom stereocenters. The molecule has 1 fully saturated rings. The van der Waals surface area contributed by atoms with Crippen LogP contribution in [0.25, 0.3) is 0 Å². The zero-order chi connectivity index (χ0) is 9.68. The average Bonchev–Trinajstić information content (AvgIpc) is 2.07. The van der Waals surface area contributed by atoms with Gasteiger partial charge in [0.25, 0.3) is 0 Å². The molecule has 0 spiro atoms. The van der Waals surface area contributed by atoms with Crippen LogP contribution in [0.5, 0.6) is 0 Å². The Morgan fingerprint density at radius 3 is 2.77 bits per heavy atom. The van der Waals surface area contributed by atoms with Gasteiger partial charge in [0.15, 0.2) is 0 Å². The number of nitrogens with one attached hydrogen (secondary N) is 2. The summed E-state index contributed by atoms with van der Waals surface area (Å²) in [6.07, 6.45) is 4.36. The molecule has 1 rings (SSSR count). The van der Waals surface area contributed by atoms with Gasteiger partial charge in [-0.1, -0.05) is 6.92 Å². The molecule has 2 amide bonds. The lowest BCUT2D eigenvalue weighted by molar-refractivity contribution is 0.227. The second-order valence-corrected chi connectivity index (χ2v) is 3.65. The molecule has 4 heteroatoms. The van der Waals surface area contributed by atoms with Crippen molar-refractivity contribution in [2.24, 2.45) is 5.73 Å². The Bertz CT molecular complexity index is 168. The Kier molecular flexibility index (Phi) is 4.02. The fraction of sp³-hybridized carbons (Fsp3) is 0.889. The van der Waals surface area contributed by atoms with Gasteiger partial charge in [-0.15, -0.1) is 0 Å². The van der Waals surface area contributed by atoms with E-state index in [0.717, 1.165) is 19.3 Å². The summed E-state index contributed by atoms with van der Waals surface area (Å²) >= 11 is 0. The molecule has 1 aliphatic carbocycles. The summed E-state index contributed by atoms with van der Waals surface area (Å²) < 4.78 is 0. The molecular weight excluding hydrogens is 166 g/mol. The molecule has 4 nitrogen and oxygen atoms in total. The highest BCUT2D eigenvalue weighted by Crippen LogP contribution is 2.17. The smallest absolute Gasteiger partial charge is 0.315 e. The van der Waals surface area contributed by atoms with Crippen LogP contribution >= 0.6 is 0 Å². The highest BCUT2D eigenvalue weighted by molar-refractivity contribution is 5.74. The monoisotopic (exact) mass is 185 g/mol. The molecule has 0 aromatic heterocycles. The molecular formula is C9H19N3O. The normalized spacial score (nSPS) is 18.9. The Morgan fingerprint density at radius 2 is 2.31 bits per heavy atom. The fourth-order valence-corrected chi connectivity index (χ4v) is 1.16. The van der Waals surface area contributed by atoms with E-state index in [-0.39, 0.29) is 12.1 Å². The number of urea groups is 1. The van der Waals surface area contributed by atoms with Crippen molar-refractivity contribution in [2.75, 3.05) is 6.54 Å². The van der Waals surface area contributed by atoms with E-state index in [1.165, 1.54) is 6.42 Å². The molecule has 1 aliphatic rings.